The molecule has 1 heterocycles. The van der Waals surface area contributed by atoms with Gasteiger partial charge in [-0.15, -0.1) is 6.42 Å². The largest absolute Gasteiger partial charge is 0.460 e. The Bertz CT molecular complexity index is 673. The summed E-state index contributed by atoms with van der Waals surface area (Å²) in [6.45, 7) is 14.4. The highest BCUT2D eigenvalue weighted by molar-refractivity contribution is 5.74. The standard InChI is InChI=1S/C23H33NO2/c1-8-17-10-9-11-18(14-17)15-20(21(25)26-23(5,6)7)19-12-13-24(16-19)22(2,3)4/h1,9-11,14,19-20H,12-13,15-16H2,2-7H3/t19-,20-/m0/s1. The molecule has 2 atom stereocenters. The number of rotatable bonds is 4. The van der Waals surface area contributed by atoms with Gasteiger partial charge < -0.3 is 4.74 Å². The lowest BCUT2D eigenvalue weighted by atomic mass is 9.85. The predicted molar refractivity (Wildman–Crippen MR) is 107 cm³/mol. The summed E-state index contributed by atoms with van der Waals surface area (Å²) in [5.41, 5.74) is 1.60. The molecule has 0 spiro atoms. The quantitative estimate of drug-likeness (QED) is 0.596. The van der Waals surface area contributed by atoms with Crippen molar-refractivity contribution in [1.29, 1.82) is 0 Å². The van der Waals surface area contributed by atoms with Crippen LogP contribution in [0.25, 0.3) is 0 Å². The van der Waals surface area contributed by atoms with Crippen molar-refractivity contribution in [2.75, 3.05) is 13.1 Å². The van der Waals surface area contributed by atoms with Crippen molar-refractivity contribution >= 4 is 5.97 Å². The lowest BCUT2D eigenvalue weighted by Crippen LogP contribution is -2.41. The minimum atomic E-state index is -0.474. The maximum atomic E-state index is 13.0. The van der Waals surface area contributed by atoms with Crippen LogP contribution in [-0.2, 0) is 16.0 Å². The van der Waals surface area contributed by atoms with E-state index in [1.165, 1.54) is 0 Å². The summed E-state index contributed by atoms with van der Waals surface area (Å²) in [6, 6.07) is 7.94. The molecule has 3 nitrogen and oxygen atoms in total. The smallest absolute Gasteiger partial charge is 0.310 e. The van der Waals surface area contributed by atoms with Crippen molar-refractivity contribution in [3.05, 3.63) is 35.4 Å². The van der Waals surface area contributed by atoms with Crippen molar-refractivity contribution in [2.45, 2.75) is 65.5 Å². The Kier molecular flexibility index (Phi) is 6.19. The van der Waals surface area contributed by atoms with Crippen LogP contribution in [0.15, 0.2) is 24.3 Å². The molecule has 3 heteroatoms. The third-order valence-corrected chi connectivity index (χ3v) is 5.00. The summed E-state index contributed by atoms with van der Waals surface area (Å²) in [5.74, 6) is 2.75. The SMILES string of the molecule is C#Cc1cccc(C[C@H](C(=O)OC(C)(C)C)[C@H]2CCN(C(C)(C)C)C2)c1. The summed E-state index contributed by atoms with van der Waals surface area (Å²) < 4.78 is 5.76. The second-order valence-electron chi connectivity index (χ2n) is 9.35. The second kappa shape index (κ2) is 7.84. The molecule has 0 aliphatic carbocycles. The Hall–Kier alpha value is -1.79. The Balaban J connectivity index is 2.22. The topological polar surface area (TPSA) is 29.5 Å². The van der Waals surface area contributed by atoms with Crippen LogP contribution in [0.3, 0.4) is 0 Å². The first-order chi connectivity index (χ1) is 12.0. The summed E-state index contributed by atoms with van der Waals surface area (Å²) >= 11 is 0. The van der Waals surface area contributed by atoms with E-state index in [1.54, 1.807) is 0 Å². The molecule has 0 saturated carbocycles. The summed E-state index contributed by atoms with van der Waals surface area (Å²) in [7, 11) is 0. The van der Waals surface area contributed by atoms with E-state index < -0.39 is 5.60 Å². The highest BCUT2D eigenvalue weighted by atomic mass is 16.6. The van der Waals surface area contributed by atoms with Gasteiger partial charge in [0, 0.05) is 17.6 Å². The van der Waals surface area contributed by atoms with Crippen LogP contribution >= 0.6 is 0 Å². The first kappa shape index (κ1) is 20.5. The van der Waals surface area contributed by atoms with E-state index in [4.69, 9.17) is 11.2 Å². The number of hydrogen-bond acceptors (Lipinski definition) is 3. The maximum Gasteiger partial charge on any atom is 0.310 e. The molecular weight excluding hydrogens is 322 g/mol. The van der Waals surface area contributed by atoms with Crippen LogP contribution < -0.4 is 0 Å². The van der Waals surface area contributed by atoms with Crippen LogP contribution in [0.2, 0.25) is 0 Å². The average Bonchev–Trinajstić information content (AvgIpc) is 3.01. The zero-order chi connectivity index (χ0) is 19.5. The fourth-order valence-corrected chi connectivity index (χ4v) is 3.59. The Morgan fingerprint density at radius 3 is 2.54 bits per heavy atom. The van der Waals surface area contributed by atoms with Gasteiger partial charge in [0.25, 0.3) is 0 Å². The third-order valence-electron chi connectivity index (χ3n) is 5.00. The van der Waals surface area contributed by atoms with Crippen molar-refractivity contribution in [2.24, 2.45) is 11.8 Å². The van der Waals surface area contributed by atoms with Gasteiger partial charge in [0.2, 0.25) is 0 Å². The van der Waals surface area contributed by atoms with Crippen LogP contribution in [0.1, 0.15) is 59.1 Å². The monoisotopic (exact) mass is 355 g/mol. The molecule has 2 rings (SSSR count). The number of esters is 1. The molecule has 1 aromatic rings. The number of hydrogen-bond donors (Lipinski definition) is 0. The normalized spacial score (nSPS) is 19.8. The Morgan fingerprint density at radius 1 is 1.31 bits per heavy atom. The van der Waals surface area contributed by atoms with E-state index in [1.807, 2.05) is 39.0 Å². The van der Waals surface area contributed by atoms with Gasteiger partial charge in [-0.3, -0.25) is 9.69 Å². The predicted octanol–water partition coefficient (Wildman–Crippen LogP) is 4.29. The van der Waals surface area contributed by atoms with E-state index >= 15 is 0 Å². The van der Waals surface area contributed by atoms with Crippen LogP contribution in [0.4, 0.5) is 0 Å². The van der Waals surface area contributed by atoms with Crippen molar-refractivity contribution in [3.8, 4) is 12.3 Å². The molecular formula is C23H33NO2. The van der Waals surface area contributed by atoms with Gasteiger partial charge in [-0.05, 0) is 84.5 Å². The Labute approximate surface area is 159 Å². The molecule has 1 aliphatic rings. The number of terminal acetylenes is 1. The van der Waals surface area contributed by atoms with E-state index in [2.05, 4.69) is 37.7 Å². The third kappa shape index (κ3) is 5.61. The zero-order valence-corrected chi connectivity index (χ0v) is 17.1. The molecule has 26 heavy (non-hydrogen) atoms. The maximum absolute atomic E-state index is 13.0. The summed E-state index contributed by atoms with van der Waals surface area (Å²) in [4.78, 5) is 15.4. The molecule has 0 aromatic heterocycles. The molecule has 0 amide bonds. The molecule has 0 bridgehead atoms. The van der Waals surface area contributed by atoms with Gasteiger partial charge in [0.1, 0.15) is 5.60 Å². The number of likely N-dealkylation sites (tertiary alicyclic amines) is 1. The van der Waals surface area contributed by atoms with Crippen molar-refractivity contribution in [3.63, 3.8) is 0 Å². The van der Waals surface area contributed by atoms with Crippen molar-refractivity contribution in [1.82, 2.24) is 4.90 Å². The van der Waals surface area contributed by atoms with Gasteiger partial charge in [-0.2, -0.15) is 0 Å². The number of nitrogens with zero attached hydrogens (tertiary/aromatic N) is 1. The summed E-state index contributed by atoms with van der Waals surface area (Å²) in [6.07, 6.45) is 7.23. The van der Waals surface area contributed by atoms with Crippen LogP contribution in [0, 0.1) is 24.2 Å². The molecule has 1 aliphatic heterocycles. The van der Waals surface area contributed by atoms with Gasteiger partial charge in [0.15, 0.2) is 0 Å². The fourth-order valence-electron chi connectivity index (χ4n) is 3.59. The van der Waals surface area contributed by atoms with Gasteiger partial charge in [-0.25, -0.2) is 0 Å². The first-order valence-corrected chi connectivity index (χ1v) is 9.53. The number of carbonyl (C=O) groups excluding carboxylic acids is 1. The van der Waals surface area contributed by atoms with Gasteiger partial charge in [-0.1, -0.05) is 18.1 Å². The lowest BCUT2D eigenvalue weighted by Gasteiger charge is -2.33. The minimum absolute atomic E-state index is 0.0932. The van der Waals surface area contributed by atoms with E-state index in [9.17, 15) is 4.79 Å². The first-order valence-electron chi connectivity index (χ1n) is 9.53. The van der Waals surface area contributed by atoms with E-state index in [-0.39, 0.29) is 17.4 Å². The van der Waals surface area contributed by atoms with Crippen LogP contribution in [0.5, 0.6) is 0 Å². The molecule has 1 fully saturated rings. The fraction of sp³-hybridized carbons (Fsp3) is 0.609. The molecule has 1 aromatic carbocycles. The molecule has 0 N–H and O–H groups in total. The number of benzene rings is 1. The number of ether oxygens (including phenoxy) is 1. The molecule has 142 valence electrons. The van der Waals surface area contributed by atoms with Gasteiger partial charge in [0.05, 0.1) is 5.92 Å². The molecule has 0 radical (unpaired) electrons. The van der Waals surface area contributed by atoms with Gasteiger partial charge >= 0.3 is 5.97 Å². The highest BCUT2D eigenvalue weighted by Gasteiger charge is 2.39. The second-order valence-corrected chi connectivity index (χ2v) is 9.35. The average molecular weight is 356 g/mol. The molecule has 1 saturated heterocycles. The van der Waals surface area contributed by atoms with E-state index in [0.29, 0.717) is 12.3 Å². The van der Waals surface area contributed by atoms with Crippen LogP contribution in [-0.4, -0.2) is 35.1 Å². The van der Waals surface area contributed by atoms with Crippen molar-refractivity contribution < 1.29 is 9.53 Å². The van der Waals surface area contributed by atoms with E-state index in [0.717, 1.165) is 30.6 Å². The highest BCUT2D eigenvalue weighted by Crippen LogP contribution is 2.32. The minimum Gasteiger partial charge on any atom is -0.460 e. The summed E-state index contributed by atoms with van der Waals surface area (Å²) in [5, 5.41) is 0. The Morgan fingerprint density at radius 2 is 2.00 bits per heavy atom. The lowest BCUT2D eigenvalue weighted by molar-refractivity contribution is -0.162. The number of carbonyl (C=O) groups is 1. The molecule has 0 unspecified atom stereocenters. The zero-order valence-electron chi connectivity index (χ0n) is 17.1.